The molecule has 0 atom stereocenters. The number of piperidine rings is 1. The molecular formula is C27H35N3O3. The lowest BCUT2D eigenvalue weighted by Crippen LogP contribution is -2.38. The van der Waals surface area contributed by atoms with Crippen LogP contribution in [0.4, 0.5) is 11.4 Å². The maximum absolute atomic E-state index is 13.3. The van der Waals surface area contributed by atoms with Gasteiger partial charge < -0.3 is 20.3 Å². The highest BCUT2D eigenvalue weighted by molar-refractivity contribution is 6.02. The molecule has 1 heterocycles. The van der Waals surface area contributed by atoms with E-state index in [0.717, 1.165) is 44.5 Å². The van der Waals surface area contributed by atoms with Crippen LogP contribution in [0.15, 0.2) is 48.5 Å². The smallest absolute Gasteiger partial charge is 0.262 e. The first-order valence-corrected chi connectivity index (χ1v) is 12.3. The molecule has 176 valence electrons. The van der Waals surface area contributed by atoms with Crippen molar-refractivity contribution in [3.05, 3.63) is 54.1 Å². The highest BCUT2D eigenvalue weighted by Gasteiger charge is 2.24. The summed E-state index contributed by atoms with van der Waals surface area (Å²) in [5.74, 6) is 1.06. The molecule has 0 radical (unpaired) electrons. The Bertz CT molecular complexity index is 933. The summed E-state index contributed by atoms with van der Waals surface area (Å²) in [4.78, 5) is 28.1. The van der Waals surface area contributed by atoms with Crippen molar-refractivity contribution < 1.29 is 14.3 Å². The number of amides is 2. The Kier molecular flexibility index (Phi) is 7.87. The number of nitrogens with zero attached hydrogens (tertiary/aromatic N) is 1. The second-order valence-electron chi connectivity index (χ2n) is 9.36. The number of nitrogens with one attached hydrogen (secondary N) is 2. The Balaban J connectivity index is 1.47. The summed E-state index contributed by atoms with van der Waals surface area (Å²) in [6, 6.07) is 15.2. The van der Waals surface area contributed by atoms with Crippen LogP contribution in [0.25, 0.3) is 0 Å². The number of rotatable bonds is 7. The summed E-state index contributed by atoms with van der Waals surface area (Å²) in [7, 11) is 0. The van der Waals surface area contributed by atoms with Crippen LogP contribution in [0.3, 0.4) is 0 Å². The van der Waals surface area contributed by atoms with E-state index in [0.29, 0.717) is 22.9 Å². The van der Waals surface area contributed by atoms with Gasteiger partial charge in [0, 0.05) is 30.5 Å². The minimum Gasteiger partial charge on any atom is -0.484 e. The summed E-state index contributed by atoms with van der Waals surface area (Å²) >= 11 is 0. The van der Waals surface area contributed by atoms with Gasteiger partial charge in [0.25, 0.3) is 11.8 Å². The molecule has 1 saturated carbocycles. The Morgan fingerprint density at radius 3 is 2.42 bits per heavy atom. The maximum Gasteiger partial charge on any atom is 0.262 e. The third-order valence-electron chi connectivity index (χ3n) is 6.70. The molecule has 4 rings (SSSR count). The second kappa shape index (κ2) is 11.2. The largest absolute Gasteiger partial charge is 0.484 e. The molecule has 2 aromatic rings. The molecule has 1 aliphatic carbocycles. The zero-order valence-corrected chi connectivity index (χ0v) is 19.5. The second-order valence-corrected chi connectivity index (χ2v) is 9.36. The minimum atomic E-state index is -0.253. The summed E-state index contributed by atoms with van der Waals surface area (Å²) in [5, 5.41) is 6.13. The van der Waals surface area contributed by atoms with Crippen molar-refractivity contribution in [1.82, 2.24) is 5.32 Å². The number of para-hydroxylation sites is 1. The predicted molar refractivity (Wildman–Crippen MR) is 132 cm³/mol. The first-order valence-electron chi connectivity index (χ1n) is 12.3. The molecule has 2 aliphatic rings. The lowest BCUT2D eigenvalue weighted by atomic mass is 9.95. The van der Waals surface area contributed by atoms with Crippen LogP contribution in [-0.2, 0) is 4.79 Å². The van der Waals surface area contributed by atoms with Crippen LogP contribution in [0, 0.1) is 5.92 Å². The molecule has 2 aromatic carbocycles. The zero-order chi connectivity index (χ0) is 23.0. The molecule has 0 unspecified atom stereocenters. The van der Waals surface area contributed by atoms with Crippen molar-refractivity contribution in [2.24, 2.45) is 5.92 Å². The van der Waals surface area contributed by atoms with Crippen LogP contribution in [0.1, 0.15) is 62.2 Å². The molecule has 6 nitrogen and oxygen atoms in total. The molecular weight excluding hydrogens is 414 g/mol. The van der Waals surface area contributed by atoms with E-state index in [1.165, 1.54) is 19.3 Å². The van der Waals surface area contributed by atoms with Gasteiger partial charge in [-0.2, -0.15) is 0 Å². The van der Waals surface area contributed by atoms with Crippen molar-refractivity contribution in [2.45, 2.75) is 57.9 Å². The topological polar surface area (TPSA) is 70.7 Å². The Hall–Kier alpha value is -3.02. The van der Waals surface area contributed by atoms with Gasteiger partial charge in [-0.1, -0.05) is 44.4 Å². The molecule has 33 heavy (non-hydrogen) atoms. The van der Waals surface area contributed by atoms with Crippen LogP contribution >= 0.6 is 0 Å². The lowest BCUT2D eigenvalue weighted by molar-refractivity contribution is -0.118. The molecule has 1 saturated heterocycles. The van der Waals surface area contributed by atoms with Crippen molar-refractivity contribution >= 4 is 23.2 Å². The van der Waals surface area contributed by atoms with Gasteiger partial charge in [-0.3, -0.25) is 9.59 Å². The number of hydrogen-bond donors (Lipinski definition) is 2. The number of hydrogen-bond acceptors (Lipinski definition) is 4. The Morgan fingerprint density at radius 1 is 0.970 bits per heavy atom. The predicted octanol–water partition coefficient (Wildman–Crippen LogP) is 5.00. The van der Waals surface area contributed by atoms with Gasteiger partial charge in [-0.15, -0.1) is 0 Å². The average molecular weight is 450 g/mol. The molecule has 2 amide bonds. The number of anilines is 2. The van der Waals surface area contributed by atoms with Crippen molar-refractivity contribution in [3.8, 4) is 5.75 Å². The molecule has 0 bridgehead atoms. The summed E-state index contributed by atoms with van der Waals surface area (Å²) in [6.07, 6.45) is 7.90. The Labute approximate surface area is 196 Å². The van der Waals surface area contributed by atoms with Gasteiger partial charge in [-0.05, 0) is 61.9 Å². The minimum absolute atomic E-state index is 0.0489. The molecule has 2 fully saturated rings. The fourth-order valence-electron chi connectivity index (χ4n) is 4.69. The van der Waals surface area contributed by atoms with E-state index in [2.05, 4.69) is 22.5 Å². The SMILES string of the molecule is CC1CCN(c2ccc(NC(=O)COc3ccccc3)cc2C(=O)NC2CCCCC2)CC1. The van der Waals surface area contributed by atoms with E-state index in [9.17, 15) is 9.59 Å². The summed E-state index contributed by atoms with van der Waals surface area (Å²) in [6.45, 7) is 4.09. The average Bonchev–Trinajstić information content (AvgIpc) is 2.84. The monoisotopic (exact) mass is 449 g/mol. The van der Waals surface area contributed by atoms with Crippen molar-refractivity contribution in [3.63, 3.8) is 0 Å². The van der Waals surface area contributed by atoms with Gasteiger partial charge >= 0.3 is 0 Å². The van der Waals surface area contributed by atoms with Gasteiger partial charge in [0.2, 0.25) is 0 Å². The molecule has 2 N–H and O–H groups in total. The standard InChI is InChI=1S/C27H35N3O3/c1-20-14-16-30(17-15-20)25-13-12-22(28-26(31)19-33-23-10-6-3-7-11-23)18-24(25)27(32)29-21-8-4-2-5-9-21/h3,6-7,10-13,18,20-21H,2,4-5,8-9,14-17,19H2,1H3,(H,28,31)(H,29,32). The van der Waals surface area contributed by atoms with E-state index in [1.807, 2.05) is 48.5 Å². The number of benzene rings is 2. The van der Waals surface area contributed by atoms with E-state index in [-0.39, 0.29) is 24.5 Å². The van der Waals surface area contributed by atoms with E-state index >= 15 is 0 Å². The van der Waals surface area contributed by atoms with Crippen LogP contribution < -0.4 is 20.3 Å². The first kappa shape index (κ1) is 23.1. The van der Waals surface area contributed by atoms with E-state index in [1.54, 1.807) is 0 Å². The van der Waals surface area contributed by atoms with Crippen LogP contribution in [0.5, 0.6) is 5.75 Å². The number of carbonyl (C=O) groups is 2. The van der Waals surface area contributed by atoms with Crippen molar-refractivity contribution in [2.75, 3.05) is 29.9 Å². The van der Waals surface area contributed by atoms with E-state index < -0.39 is 0 Å². The molecule has 0 aromatic heterocycles. The fraction of sp³-hybridized carbons (Fsp3) is 0.481. The number of carbonyl (C=O) groups excluding carboxylic acids is 2. The first-order chi connectivity index (χ1) is 16.1. The zero-order valence-electron chi connectivity index (χ0n) is 19.5. The summed E-state index contributed by atoms with van der Waals surface area (Å²) < 4.78 is 5.55. The quantitative estimate of drug-likeness (QED) is 0.624. The molecule has 0 spiro atoms. The normalized spacial score (nSPS) is 17.4. The van der Waals surface area contributed by atoms with Gasteiger partial charge in [-0.25, -0.2) is 0 Å². The van der Waals surface area contributed by atoms with Crippen molar-refractivity contribution in [1.29, 1.82) is 0 Å². The third kappa shape index (κ3) is 6.50. The fourth-order valence-corrected chi connectivity index (χ4v) is 4.69. The number of ether oxygens (including phenoxy) is 1. The van der Waals surface area contributed by atoms with E-state index in [4.69, 9.17) is 4.74 Å². The third-order valence-corrected chi connectivity index (χ3v) is 6.70. The van der Waals surface area contributed by atoms with Gasteiger partial charge in [0.15, 0.2) is 6.61 Å². The van der Waals surface area contributed by atoms with Gasteiger partial charge in [0.1, 0.15) is 5.75 Å². The van der Waals surface area contributed by atoms with Crippen LogP contribution in [0.2, 0.25) is 0 Å². The highest BCUT2D eigenvalue weighted by atomic mass is 16.5. The highest BCUT2D eigenvalue weighted by Crippen LogP contribution is 2.29. The molecule has 1 aliphatic heterocycles. The Morgan fingerprint density at radius 2 is 1.70 bits per heavy atom. The van der Waals surface area contributed by atoms with Gasteiger partial charge in [0.05, 0.1) is 5.56 Å². The maximum atomic E-state index is 13.3. The molecule has 6 heteroatoms. The lowest BCUT2D eigenvalue weighted by Gasteiger charge is -2.34. The summed E-state index contributed by atoms with van der Waals surface area (Å²) in [5.41, 5.74) is 2.20. The van der Waals surface area contributed by atoms with Crippen LogP contribution in [-0.4, -0.2) is 37.6 Å².